The van der Waals surface area contributed by atoms with Crippen LogP contribution in [0.3, 0.4) is 0 Å². The molecule has 2 aromatic rings. The number of likely N-dealkylation sites (N-methyl/N-ethyl adjacent to an activating group) is 1. The van der Waals surface area contributed by atoms with Crippen LogP contribution in [0.25, 0.3) is 0 Å². The average molecular weight is 479 g/mol. The van der Waals surface area contributed by atoms with Gasteiger partial charge in [0.15, 0.2) is 0 Å². The molecule has 1 aliphatic heterocycles. The van der Waals surface area contributed by atoms with Gasteiger partial charge in [0.25, 0.3) is 0 Å². The number of hydrogen-bond acceptors (Lipinski definition) is 5. The summed E-state index contributed by atoms with van der Waals surface area (Å²) in [5, 5.41) is 0. The summed E-state index contributed by atoms with van der Waals surface area (Å²) in [6.45, 7) is 6.06. The minimum atomic E-state index is -4.39. The number of ether oxygens (including phenoxy) is 1. The molecule has 5 nitrogen and oxygen atoms in total. The van der Waals surface area contributed by atoms with Gasteiger partial charge >= 0.3 is 6.18 Å². The number of alkyl halides is 3. The Bertz CT molecular complexity index is 904. The molecule has 0 aliphatic carbocycles. The van der Waals surface area contributed by atoms with Crippen LogP contribution in [0.5, 0.6) is 0 Å². The Hall–Kier alpha value is -2.00. The summed E-state index contributed by atoms with van der Waals surface area (Å²) in [6, 6.07) is 9.01. The van der Waals surface area contributed by atoms with Crippen molar-refractivity contribution in [2.45, 2.75) is 38.5 Å². The van der Waals surface area contributed by atoms with Crippen molar-refractivity contribution in [3.05, 3.63) is 64.5 Å². The van der Waals surface area contributed by atoms with Gasteiger partial charge in [0.2, 0.25) is 0 Å². The highest BCUT2D eigenvalue weighted by Crippen LogP contribution is 2.31. The van der Waals surface area contributed by atoms with Crippen LogP contribution in [0.2, 0.25) is 0 Å². The molecule has 1 aliphatic rings. The second kappa shape index (κ2) is 12.6. The van der Waals surface area contributed by atoms with Crippen molar-refractivity contribution in [3.63, 3.8) is 0 Å². The number of aryl methyl sites for hydroxylation is 1. The van der Waals surface area contributed by atoms with E-state index in [1.807, 2.05) is 14.1 Å². The highest BCUT2D eigenvalue weighted by molar-refractivity contribution is 5.37. The summed E-state index contributed by atoms with van der Waals surface area (Å²) in [4.78, 5) is 10.6. The van der Waals surface area contributed by atoms with Crippen molar-refractivity contribution in [2.75, 3.05) is 60.5 Å². The van der Waals surface area contributed by atoms with Crippen molar-refractivity contribution in [2.24, 2.45) is 0 Å². The molecule has 0 radical (unpaired) electrons. The molecule has 0 saturated heterocycles. The molecule has 3 rings (SSSR count). The lowest BCUT2D eigenvalue weighted by molar-refractivity contribution is -0.138. The van der Waals surface area contributed by atoms with Crippen LogP contribution in [0, 0.1) is 0 Å². The fourth-order valence-electron chi connectivity index (χ4n) is 4.53. The Balaban J connectivity index is 1.64. The zero-order valence-electron chi connectivity index (χ0n) is 20.6. The Kier molecular flexibility index (Phi) is 9.88. The van der Waals surface area contributed by atoms with Crippen molar-refractivity contribution in [3.8, 4) is 0 Å². The lowest BCUT2D eigenvalue weighted by Crippen LogP contribution is -2.34. The molecular formula is C26H37F3N4O. The summed E-state index contributed by atoms with van der Waals surface area (Å²) < 4.78 is 45.6. The van der Waals surface area contributed by atoms with Gasteiger partial charge in [-0.3, -0.25) is 14.8 Å². The number of benzene rings is 1. The number of rotatable bonds is 12. The van der Waals surface area contributed by atoms with E-state index in [1.165, 1.54) is 29.0 Å². The summed E-state index contributed by atoms with van der Waals surface area (Å²) >= 11 is 0. The molecule has 8 heteroatoms. The monoisotopic (exact) mass is 478 g/mol. The second-order valence-electron chi connectivity index (χ2n) is 9.25. The van der Waals surface area contributed by atoms with Gasteiger partial charge in [-0.1, -0.05) is 18.2 Å². The lowest BCUT2D eigenvalue weighted by atomic mass is 9.92. The highest BCUT2D eigenvalue weighted by atomic mass is 19.4. The number of aromatic nitrogens is 1. The third-order valence-corrected chi connectivity index (χ3v) is 6.41. The normalized spacial score (nSPS) is 14.7. The maximum absolute atomic E-state index is 13.5. The summed E-state index contributed by atoms with van der Waals surface area (Å²) in [5.74, 6) is 0. The quantitative estimate of drug-likeness (QED) is 0.459. The minimum Gasteiger partial charge on any atom is -0.383 e. The second-order valence-corrected chi connectivity index (χ2v) is 9.25. The van der Waals surface area contributed by atoms with Gasteiger partial charge in [-0.05, 0) is 68.7 Å². The van der Waals surface area contributed by atoms with E-state index in [4.69, 9.17) is 4.74 Å². The first-order chi connectivity index (χ1) is 16.3. The van der Waals surface area contributed by atoms with Crippen molar-refractivity contribution in [1.29, 1.82) is 0 Å². The molecule has 188 valence electrons. The standard InChI is InChI=1S/C26H37F3N4O/c1-31(2)15-16-32(20-25-24(26(27,28)29)10-5-12-30-25)13-6-9-21-7-4-8-22-19-33(17-18-34-3)14-11-23(21)22/h4-5,7-8,10,12H,6,9,11,13-20H2,1-3H3. The fourth-order valence-corrected chi connectivity index (χ4v) is 4.53. The van der Waals surface area contributed by atoms with E-state index >= 15 is 0 Å². The lowest BCUT2D eigenvalue weighted by Gasteiger charge is -2.30. The van der Waals surface area contributed by atoms with Crippen LogP contribution < -0.4 is 0 Å². The zero-order chi connectivity index (χ0) is 24.6. The molecule has 0 unspecified atom stereocenters. The van der Waals surface area contributed by atoms with Crippen molar-refractivity contribution < 1.29 is 17.9 Å². The predicted molar refractivity (Wildman–Crippen MR) is 129 cm³/mol. The van der Waals surface area contributed by atoms with Gasteiger partial charge < -0.3 is 9.64 Å². The number of halogens is 3. The predicted octanol–water partition coefficient (Wildman–Crippen LogP) is 4.10. The Morgan fingerprint density at radius 3 is 2.65 bits per heavy atom. The van der Waals surface area contributed by atoms with Gasteiger partial charge in [-0.25, -0.2) is 0 Å². The fraction of sp³-hybridized carbons (Fsp3) is 0.577. The van der Waals surface area contributed by atoms with Gasteiger partial charge in [-0.15, -0.1) is 0 Å². The summed E-state index contributed by atoms with van der Waals surface area (Å²) in [7, 11) is 5.69. The van der Waals surface area contributed by atoms with Crippen LogP contribution in [0.1, 0.15) is 34.4 Å². The van der Waals surface area contributed by atoms with E-state index in [2.05, 4.69) is 37.9 Å². The van der Waals surface area contributed by atoms with Gasteiger partial charge in [0.05, 0.1) is 17.9 Å². The molecule has 0 saturated carbocycles. The molecule has 0 spiro atoms. The molecule has 0 atom stereocenters. The topological polar surface area (TPSA) is 31.8 Å². The minimum absolute atomic E-state index is 0.0991. The smallest absolute Gasteiger partial charge is 0.383 e. The molecule has 0 fully saturated rings. The Morgan fingerprint density at radius 2 is 1.91 bits per heavy atom. The van der Waals surface area contributed by atoms with E-state index < -0.39 is 11.7 Å². The average Bonchev–Trinajstić information content (AvgIpc) is 2.80. The van der Waals surface area contributed by atoms with Crippen LogP contribution in [0.4, 0.5) is 13.2 Å². The number of methoxy groups -OCH3 is 1. The van der Waals surface area contributed by atoms with Crippen LogP contribution >= 0.6 is 0 Å². The number of fused-ring (bicyclic) bond motifs is 1. The van der Waals surface area contributed by atoms with E-state index in [0.29, 0.717) is 6.54 Å². The third-order valence-electron chi connectivity index (χ3n) is 6.41. The van der Waals surface area contributed by atoms with Crippen LogP contribution in [0.15, 0.2) is 36.5 Å². The summed E-state index contributed by atoms with van der Waals surface area (Å²) in [5.41, 5.74) is 3.65. The molecule has 0 N–H and O–H groups in total. The maximum atomic E-state index is 13.5. The first-order valence-electron chi connectivity index (χ1n) is 12.0. The highest BCUT2D eigenvalue weighted by Gasteiger charge is 2.34. The van der Waals surface area contributed by atoms with E-state index in [0.717, 1.165) is 64.7 Å². The largest absolute Gasteiger partial charge is 0.418 e. The summed E-state index contributed by atoms with van der Waals surface area (Å²) in [6.07, 6.45) is -0.0973. The first kappa shape index (κ1) is 26.6. The van der Waals surface area contributed by atoms with Crippen LogP contribution in [-0.4, -0.2) is 80.2 Å². The molecule has 1 aromatic heterocycles. The van der Waals surface area contributed by atoms with Gasteiger partial charge in [-0.2, -0.15) is 13.2 Å². The van der Waals surface area contributed by atoms with E-state index in [1.54, 1.807) is 7.11 Å². The number of pyridine rings is 1. The maximum Gasteiger partial charge on any atom is 0.418 e. The molecule has 34 heavy (non-hydrogen) atoms. The SMILES string of the molecule is COCCN1CCc2c(CCCN(CCN(C)C)Cc3ncccc3C(F)(F)F)cccc2C1. The molecule has 2 heterocycles. The third kappa shape index (κ3) is 7.77. The number of hydrogen-bond donors (Lipinski definition) is 0. The van der Waals surface area contributed by atoms with Crippen LogP contribution in [-0.2, 0) is 36.8 Å². The van der Waals surface area contributed by atoms with E-state index in [9.17, 15) is 13.2 Å². The Morgan fingerprint density at radius 1 is 1.09 bits per heavy atom. The van der Waals surface area contributed by atoms with Crippen molar-refractivity contribution >= 4 is 0 Å². The van der Waals surface area contributed by atoms with Gasteiger partial charge in [0.1, 0.15) is 0 Å². The van der Waals surface area contributed by atoms with Gasteiger partial charge in [0, 0.05) is 52.6 Å². The Labute approximate surface area is 201 Å². The van der Waals surface area contributed by atoms with E-state index in [-0.39, 0.29) is 12.2 Å². The molecule has 1 aromatic carbocycles. The first-order valence-corrected chi connectivity index (χ1v) is 12.0. The van der Waals surface area contributed by atoms with Crippen molar-refractivity contribution in [1.82, 2.24) is 19.7 Å². The molecule has 0 amide bonds. The molecular weight excluding hydrogens is 441 g/mol. The molecule has 0 bridgehead atoms. The zero-order valence-corrected chi connectivity index (χ0v) is 20.6. The number of nitrogens with zero attached hydrogens (tertiary/aromatic N) is 4.